The minimum Gasteiger partial charge on any atom is -0.490 e. The molecule has 0 saturated carbocycles. The Morgan fingerprint density at radius 3 is 2.20 bits per heavy atom. The molecule has 11 heteroatoms. The van der Waals surface area contributed by atoms with Crippen LogP contribution in [0, 0.1) is 5.41 Å². The summed E-state index contributed by atoms with van der Waals surface area (Å²) in [6.45, 7) is 0.784. The number of ether oxygens (including phenoxy) is 4. The van der Waals surface area contributed by atoms with Crippen LogP contribution in [0.2, 0.25) is 0 Å². The molecular formula is C24H28N4O7. The number of hydrogen-bond acceptors (Lipinski definition) is 8. The van der Waals surface area contributed by atoms with Crippen molar-refractivity contribution in [2.24, 2.45) is 5.73 Å². The van der Waals surface area contributed by atoms with Crippen LogP contribution in [0.25, 0.3) is 0 Å². The van der Waals surface area contributed by atoms with Crippen molar-refractivity contribution >= 4 is 29.7 Å². The van der Waals surface area contributed by atoms with Crippen LogP contribution in [-0.4, -0.2) is 57.5 Å². The zero-order chi connectivity index (χ0) is 25.4. The minimum atomic E-state index is -0.519. The third kappa shape index (κ3) is 7.36. The molecule has 1 heterocycles. The lowest BCUT2D eigenvalue weighted by Crippen LogP contribution is -2.29. The second-order valence-electron chi connectivity index (χ2n) is 7.85. The average molecular weight is 485 g/mol. The fourth-order valence-corrected chi connectivity index (χ4v) is 3.49. The Labute approximate surface area is 202 Å². The first-order valence-corrected chi connectivity index (χ1v) is 10.8. The van der Waals surface area contributed by atoms with Crippen molar-refractivity contribution in [3.05, 3.63) is 59.2 Å². The van der Waals surface area contributed by atoms with Crippen LogP contribution in [0.15, 0.2) is 42.5 Å². The van der Waals surface area contributed by atoms with E-state index in [1.165, 1.54) is 19.1 Å². The number of methoxy groups -OCH3 is 2. The predicted molar refractivity (Wildman–Crippen MR) is 126 cm³/mol. The van der Waals surface area contributed by atoms with Gasteiger partial charge in [0, 0.05) is 12.2 Å². The number of anilines is 1. The van der Waals surface area contributed by atoms with Crippen LogP contribution in [0.1, 0.15) is 16.7 Å². The number of guanidine groups is 1. The van der Waals surface area contributed by atoms with Crippen LogP contribution in [0.3, 0.4) is 0 Å². The molecule has 186 valence electrons. The molecule has 1 aliphatic rings. The van der Waals surface area contributed by atoms with Crippen LogP contribution in [0.5, 0.6) is 5.75 Å². The predicted octanol–water partition coefficient (Wildman–Crippen LogP) is 1.50. The molecule has 11 nitrogen and oxygen atoms in total. The Kier molecular flexibility index (Phi) is 8.49. The van der Waals surface area contributed by atoms with Crippen molar-refractivity contribution in [3.8, 4) is 5.75 Å². The second-order valence-corrected chi connectivity index (χ2v) is 7.85. The lowest BCUT2D eigenvalue weighted by Gasteiger charge is -2.15. The van der Waals surface area contributed by atoms with E-state index in [0.29, 0.717) is 35.7 Å². The highest BCUT2D eigenvalue weighted by molar-refractivity contribution is 5.89. The van der Waals surface area contributed by atoms with Gasteiger partial charge >= 0.3 is 18.0 Å². The molecule has 1 atom stereocenters. The van der Waals surface area contributed by atoms with Gasteiger partial charge in [-0.3, -0.25) is 19.9 Å². The van der Waals surface area contributed by atoms with Gasteiger partial charge in [0.25, 0.3) is 0 Å². The van der Waals surface area contributed by atoms with Gasteiger partial charge in [-0.25, -0.2) is 4.79 Å². The summed E-state index contributed by atoms with van der Waals surface area (Å²) < 4.78 is 20.7. The highest BCUT2D eigenvalue weighted by atomic mass is 16.6. The van der Waals surface area contributed by atoms with Crippen molar-refractivity contribution in [1.82, 2.24) is 5.32 Å². The molecule has 0 aromatic heterocycles. The monoisotopic (exact) mass is 484 g/mol. The SMILES string of the molecule is COC(=O)Cc1cc(CC(=O)OC)cc(OCC2CN(c3ccc(CNC(=N)N)cc3)C(=O)O2)c1. The topological polar surface area (TPSA) is 153 Å². The zero-order valence-corrected chi connectivity index (χ0v) is 19.5. The molecule has 3 rings (SSSR count). The number of carbonyl (C=O) groups excluding carboxylic acids is 3. The second kappa shape index (κ2) is 11.7. The summed E-state index contributed by atoms with van der Waals surface area (Å²) >= 11 is 0. The highest BCUT2D eigenvalue weighted by Gasteiger charge is 2.32. The molecule has 1 unspecified atom stereocenters. The Balaban J connectivity index is 1.63. The Morgan fingerprint density at radius 1 is 1.06 bits per heavy atom. The standard InChI is InChI=1S/C24H28N4O7/c1-32-21(29)10-16-7-17(11-22(30)33-2)9-19(8-16)34-14-20-13-28(24(31)35-20)18-5-3-15(4-6-18)12-27-23(25)26/h3-9,20H,10-14H2,1-2H3,(H4,25,26,27). The lowest BCUT2D eigenvalue weighted by molar-refractivity contribution is -0.140. The maximum atomic E-state index is 12.4. The number of rotatable bonds is 10. The van der Waals surface area contributed by atoms with E-state index in [4.69, 9.17) is 30.1 Å². The largest absolute Gasteiger partial charge is 0.490 e. The molecule has 0 bridgehead atoms. The molecule has 35 heavy (non-hydrogen) atoms. The molecule has 2 aromatic rings. The summed E-state index contributed by atoms with van der Waals surface area (Å²) in [5.41, 5.74) is 8.12. The summed E-state index contributed by atoms with van der Waals surface area (Å²) in [7, 11) is 2.60. The molecule has 1 aliphatic heterocycles. The number of hydrogen-bond donors (Lipinski definition) is 3. The van der Waals surface area contributed by atoms with Crippen LogP contribution >= 0.6 is 0 Å². The van der Waals surface area contributed by atoms with Crippen molar-refractivity contribution in [1.29, 1.82) is 5.41 Å². The van der Waals surface area contributed by atoms with E-state index in [0.717, 1.165) is 5.56 Å². The van der Waals surface area contributed by atoms with Gasteiger partial charge in [-0.05, 0) is 41.0 Å². The molecule has 2 aromatic carbocycles. The molecule has 1 amide bonds. The number of amides is 1. The van der Waals surface area contributed by atoms with E-state index >= 15 is 0 Å². The maximum Gasteiger partial charge on any atom is 0.414 e. The number of nitrogens with two attached hydrogens (primary N) is 1. The van der Waals surface area contributed by atoms with Crippen molar-refractivity contribution < 1.29 is 33.3 Å². The fraction of sp³-hybridized carbons (Fsp3) is 0.333. The molecule has 1 saturated heterocycles. The number of carbonyl (C=O) groups is 3. The first kappa shape index (κ1) is 25.3. The first-order chi connectivity index (χ1) is 16.8. The Hall–Kier alpha value is -4.28. The molecule has 0 radical (unpaired) electrons. The number of esters is 2. The van der Waals surface area contributed by atoms with Crippen molar-refractivity contribution in [2.75, 3.05) is 32.3 Å². The molecular weight excluding hydrogens is 456 g/mol. The molecule has 0 aliphatic carbocycles. The van der Waals surface area contributed by atoms with Crippen molar-refractivity contribution in [3.63, 3.8) is 0 Å². The molecule has 0 spiro atoms. The van der Waals surface area contributed by atoms with Crippen molar-refractivity contribution in [2.45, 2.75) is 25.5 Å². The summed E-state index contributed by atoms with van der Waals surface area (Å²) in [5, 5.41) is 9.94. The summed E-state index contributed by atoms with van der Waals surface area (Å²) in [6, 6.07) is 12.3. The average Bonchev–Trinajstić information content (AvgIpc) is 3.21. The summed E-state index contributed by atoms with van der Waals surface area (Å²) in [5.74, 6) is -0.528. The van der Waals surface area contributed by atoms with E-state index in [-0.39, 0.29) is 25.4 Å². The molecule has 1 fully saturated rings. The third-order valence-corrected chi connectivity index (χ3v) is 5.22. The number of nitrogens with zero attached hydrogens (tertiary/aromatic N) is 1. The number of benzene rings is 2. The van der Waals surface area contributed by atoms with Crippen LogP contribution in [0.4, 0.5) is 10.5 Å². The van der Waals surface area contributed by atoms with Gasteiger partial charge in [0.05, 0.1) is 33.6 Å². The summed E-state index contributed by atoms with van der Waals surface area (Å²) in [6.07, 6.45) is -0.966. The first-order valence-electron chi connectivity index (χ1n) is 10.8. The number of nitrogens with one attached hydrogen (secondary N) is 2. The van der Waals surface area contributed by atoms with Gasteiger partial charge in [0.15, 0.2) is 12.1 Å². The lowest BCUT2D eigenvalue weighted by atomic mass is 10.1. The van der Waals surface area contributed by atoms with E-state index in [1.54, 1.807) is 30.3 Å². The zero-order valence-electron chi connectivity index (χ0n) is 19.5. The van der Waals surface area contributed by atoms with E-state index in [2.05, 4.69) is 5.32 Å². The third-order valence-electron chi connectivity index (χ3n) is 5.22. The van der Waals surface area contributed by atoms with Gasteiger partial charge in [-0.15, -0.1) is 0 Å². The van der Waals surface area contributed by atoms with Gasteiger partial charge in [-0.2, -0.15) is 0 Å². The van der Waals surface area contributed by atoms with E-state index in [1.807, 2.05) is 12.1 Å². The smallest absolute Gasteiger partial charge is 0.414 e. The van der Waals surface area contributed by atoms with Gasteiger partial charge in [0.1, 0.15) is 12.4 Å². The van der Waals surface area contributed by atoms with Gasteiger partial charge in [0.2, 0.25) is 0 Å². The molecule has 4 N–H and O–H groups in total. The summed E-state index contributed by atoms with van der Waals surface area (Å²) in [4.78, 5) is 37.3. The van der Waals surface area contributed by atoms with Crippen LogP contribution in [-0.2, 0) is 43.2 Å². The minimum absolute atomic E-state index is 0.0198. The van der Waals surface area contributed by atoms with E-state index in [9.17, 15) is 14.4 Å². The fourth-order valence-electron chi connectivity index (χ4n) is 3.49. The Morgan fingerprint density at radius 2 is 1.66 bits per heavy atom. The highest BCUT2D eigenvalue weighted by Crippen LogP contribution is 2.24. The quantitative estimate of drug-likeness (QED) is 0.197. The Bertz CT molecular complexity index is 1050. The van der Waals surface area contributed by atoms with Gasteiger partial charge in [-0.1, -0.05) is 18.2 Å². The van der Waals surface area contributed by atoms with E-state index < -0.39 is 24.1 Å². The number of cyclic esters (lactones) is 1. The normalized spacial score (nSPS) is 14.7. The van der Waals surface area contributed by atoms with Gasteiger partial charge < -0.3 is 30.0 Å². The maximum absolute atomic E-state index is 12.4. The van der Waals surface area contributed by atoms with Crippen LogP contribution < -0.4 is 20.7 Å².